The Bertz CT molecular complexity index is 286. The molecule has 7 heteroatoms. The van der Waals surface area contributed by atoms with Gasteiger partial charge in [0.25, 0.3) is 10.1 Å². The minimum absolute atomic E-state index is 0.0504. The summed E-state index contributed by atoms with van der Waals surface area (Å²) in [7, 11) is -4.46. The Morgan fingerprint density at radius 2 is 2.14 bits per heavy atom. The minimum atomic E-state index is -4.46. The number of rotatable bonds is 3. The Hall–Kier alpha value is -0.210. The largest absolute Gasteiger partial charge is 0.371 e. The monoisotopic (exact) mass is 224 g/mol. The van der Waals surface area contributed by atoms with Crippen LogP contribution in [0, 0.1) is 0 Å². The summed E-state index contributed by atoms with van der Waals surface area (Å²) >= 11 is 0. The SMILES string of the molecule is CCC(O)(C1CNCCN1)S(=O)(=O)O. The first-order valence-electron chi connectivity index (χ1n) is 4.55. The van der Waals surface area contributed by atoms with Crippen LogP contribution in [0.2, 0.25) is 0 Å². The molecule has 0 bridgehead atoms. The molecule has 0 aliphatic carbocycles. The fourth-order valence-electron chi connectivity index (χ4n) is 1.58. The smallest absolute Gasteiger partial charge is 0.296 e. The van der Waals surface area contributed by atoms with E-state index in [1.165, 1.54) is 6.92 Å². The summed E-state index contributed by atoms with van der Waals surface area (Å²) in [6.45, 7) is 3.14. The van der Waals surface area contributed by atoms with Crippen LogP contribution in [0.3, 0.4) is 0 Å². The maximum Gasteiger partial charge on any atom is 0.296 e. The molecular weight excluding hydrogens is 208 g/mol. The lowest BCUT2D eigenvalue weighted by atomic mass is 10.1. The second-order valence-electron chi connectivity index (χ2n) is 3.38. The highest BCUT2D eigenvalue weighted by molar-refractivity contribution is 7.87. The fourth-order valence-corrected chi connectivity index (χ4v) is 2.47. The Kier molecular flexibility index (Phi) is 3.49. The van der Waals surface area contributed by atoms with Gasteiger partial charge in [-0.2, -0.15) is 8.42 Å². The van der Waals surface area contributed by atoms with E-state index in [4.69, 9.17) is 4.55 Å². The first-order chi connectivity index (χ1) is 6.42. The number of hydrogen-bond acceptors (Lipinski definition) is 5. The van der Waals surface area contributed by atoms with Crippen molar-refractivity contribution in [2.24, 2.45) is 0 Å². The van der Waals surface area contributed by atoms with Crippen LogP contribution in [0.4, 0.5) is 0 Å². The molecule has 4 N–H and O–H groups in total. The topological polar surface area (TPSA) is 98.7 Å². The maximum absolute atomic E-state index is 11.0. The molecule has 1 rings (SSSR count). The fraction of sp³-hybridized carbons (Fsp3) is 1.00. The molecular formula is C7H16N2O4S. The highest BCUT2D eigenvalue weighted by Crippen LogP contribution is 2.22. The van der Waals surface area contributed by atoms with Crippen molar-refractivity contribution in [3.8, 4) is 0 Å². The predicted molar refractivity (Wildman–Crippen MR) is 51.4 cm³/mol. The molecule has 1 fully saturated rings. The van der Waals surface area contributed by atoms with E-state index in [-0.39, 0.29) is 6.42 Å². The van der Waals surface area contributed by atoms with Gasteiger partial charge < -0.3 is 15.7 Å². The molecule has 2 atom stereocenters. The molecule has 0 radical (unpaired) electrons. The van der Waals surface area contributed by atoms with Crippen molar-refractivity contribution >= 4 is 10.1 Å². The zero-order chi connectivity index (χ0) is 10.8. The third-order valence-electron chi connectivity index (χ3n) is 2.54. The summed E-state index contributed by atoms with van der Waals surface area (Å²) in [6, 6.07) is -0.670. The maximum atomic E-state index is 11.0. The zero-order valence-corrected chi connectivity index (χ0v) is 8.84. The Morgan fingerprint density at radius 3 is 2.50 bits per heavy atom. The van der Waals surface area contributed by atoms with E-state index in [0.717, 1.165) is 6.54 Å². The summed E-state index contributed by atoms with van der Waals surface area (Å²) in [5.41, 5.74) is 0. The molecule has 84 valence electrons. The van der Waals surface area contributed by atoms with E-state index < -0.39 is 21.1 Å². The minimum Gasteiger partial charge on any atom is -0.371 e. The van der Waals surface area contributed by atoms with Gasteiger partial charge in [-0.25, -0.2) is 0 Å². The number of aliphatic hydroxyl groups is 1. The summed E-state index contributed by atoms with van der Waals surface area (Å²) in [5, 5.41) is 15.7. The number of nitrogens with one attached hydrogen (secondary N) is 2. The van der Waals surface area contributed by atoms with Crippen LogP contribution < -0.4 is 10.6 Å². The Labute approximate surface area is 83.4 Å². The molecule has 0 aromatic carbocycles. The number of hydrogen-bond donors (Lipinski definition) is 4. The molecule has 2 unspecified atom stereocenters. The lowest BCUT2D eigenvalue weighted by molar-refractivity contribution is 0.0614. The van der Waals surface area contributed by atoms with E-state index in [0.29, 0.717) is 13.1 Å². The third-order valence-corrected chi connectivity index (χ3v) is 4.01. The van der Waals surface area contributed by atoms with Crippen LogP contribution >= 0.6 is 0 Å². The third kappa shape index (κ3) is 2.06. The van der Waals surface area contributed by atoms with Crippen molar-refractivity contribution in [1.82, 2.24) is 10.6 Å². The second-order valence-corrected chi connectivity index (χ2v) is 5.04. The van der Waals surface area contributed by atoms with Gasteiger partial charge in [0.05, 0.1) is 6.04 Å². The molecule has 1 aliphatic rings. The molecule has 0 spiro atoms. The second kappa shape index (κ2) is 4.11. The summed E-state index contributed by atoms with van der Waals surface area (Å²) in [6.07, 6.45) is -0.0504. The summed E-state index contributed by atoms with van der Waals surface area (Å²) in [4.78, 5) is -2.10. The van der Waals surface area contributed by atoms with Gasteiger partial charge in [0.15, 0.2) is 0 Å². The normalized spacial score (nSPS) is 28.4. The van der Waals surface area contributed by atoms with E-state index in [2.05, 4.69) is 10.6 Å². The molecule has 0 aromatic heterocycles. The lowest BCUT2D eigenvalue weighted by Crippen LogP contribution is -2.63. The molecule has 0 saturated carbocycles. The van der Waals surface area contributed by atoms with Gasteiger partial charge in [-0.05, 0) is 6.42 Å². The standard InChI is InChI=1S/C7H16N2O4S/c1-2-7(10,14(11,12)13)6-5-8-3-4-9-6/h6,8-10H,2-5H2,1H3,(H,11,12,13). The van der Waals surface area contributed by atoms with Gasteiger partial charge in [-0.3, -0.25) is 4.55 Å². The summed E-state index contributed by atoms with van der Waals surface area (Å²) in [5.74, 6) is 0. The van der Waals surface area contributed by atoms with E-state index >= 15 is 0 Å². The van der Waals surface area contributed by atoms with E-state index in [9.17, 15) is 13.5 Å². The van der Waals surface area contributed by atoms with Crippen LogP contribution in [-0.2, 0) is 10.1 Å². The molecule has 1 aliphatic heterocycles. The van der Waals surface area contributed by atoms with E-state index in [1.54, 1.807) is 0 Å². The van der Waals surface area contributed by atoms with Gasteiger partial charge in [0.2, 0.25) is 4.93 Å². The predicted octanol–water partition coefficient (Wildman–Crippen LogP) is -1.47. The Morgan fingerprint density at radius 1 is 1.50 bits per heavy atom. The molecule has 6 nitrogen and oxygen atoms in total. The first-order valence-corrected chi connectivity index (χ1v) is 5.99. The van der Waals surface area contributed by atoms with Crippen LogP contribution in [0.25, 0.3) is 0 Å². The van der Waals surface area contributed by atoms with Crippen molar-refractivity contribution in [3.05, 3.63) is 0 Å². The van der Waals surface area contributed by atoms with Crippen LogP contribution in [0.1, 0.15) is 13.3 Å². The lowest BCUT2D eigenvalue weighted by Gasteiger charge is -2.35. The van der Waals surface area contributed by atoms with Gasteiger partial charge in [-0.1, -0.05) is 6.92 Å². The quantitative estimate of drug-likeness (QED) is 0.437. The molecule has 14 heavy (non-hydrogen) atoms. The first kappa shape index (κ1) is 11.9. The zero-order valence-electron chi connectivity index (χ0n) is 8.02. The average molecular weight is 224 g/mol. The van der Waals surface area contributed by atoms with Crippen molar-refractivity contribution in [2.45, 2.75) is 24.3 Å². The molecule has 0 amide bonds. The molecule has 1 saturated heterocycles. The van der Waals surface area contributed by atoms with Gasteiger partial charge >= 0.3 is 0 Å². The Balaban J connectivity index is 2.88. The van der Waals surface area contributed by atoms with Crippen molar-refractivity contribution in [2.75, 3.05) is 19.6 Å². The molecule has 0 aromatic rings. The number of piperazine rings is 1. The van der Waals surface area contributed by atoms with Crippen molar-refractivity contribution in [3.63, 3.8) is 0 Å². The highest BCUT2D eigenvalue weighted by atomic mass is 32.2. The van der Waals surface area contributed by atoms with Crippen LogP contribution in [0.5, 0.6) is 0 Å². The van der Waals surface area contributed by atoms with Crippen molar-refractivity contribution in [1.29, 1.82) is 0 Å². The van der Waals surface area contributed by atoms with Gasteiger partial charge in [0, 0.05) is 19.6 Å². The van der Waals surface area contributed by atoms with Crippen molar-refractivity contribution < 1.29 is 18.1 Å². The van der Waals surface area contributed by atoms with Gasteiger partial charge in [-0.15, -0.1) is 0 Å². The average Bonchev–Trinajstić information content (AvgIpc) is 2.16. The van der Waals surface area contributed by atoms with Crippen LogP contribution in [-0.4, -0.2) is 48.7 Å². The summed E-state index contributed by atoms with van der Waals surface area (Å²) < 4.78 is 31.0. The van der Waals surface area contributed by atoms with E-state index in [1.807, 2.05) is 0 Å². The van der Waals surface area contributed by atoms with Crippen LogP contribution in [0.15, 0.2) is 0 Å². The van der Waals surface area contributed by atoms with Gasteiger partial charge in [0.1, 0.15) is 0 Å². The highest BCUT2D eigenvalue weighted by Gasteiger charge is 2.46. The molecule has 1 heterocycles.